The van der Waals surface area contributed by atoms with Crippen molar-refractivity contribution in [2.75, 3.05) is 7.11 Å². The monoisotopic (exact) mass is 274 g/mol. The quantitative estimate of drug-likeness (QED) is 0.486. The zero-order valence-corrected chi connectivity index (χ0v) is 11.2. The van der Waals surface area contributed by atoms with Crippen molar-refractivity contribution in [1.29, 1.82) is 0 Å². The van der Waals surface area contributed by atoms with Gasteiger partial charge in [-0.3, -0.25) is 0 Å². The van der Waals surface area contributed by atoms with Gasteiger partial charge in [0.05, 0.1) is 7.11 Å². The molecule has 0 saturated heterocycles. The second-order valence-corrected chi connectivity index (χ2v) is 4.06. The van der Waals surface area contributed by atoms with Gasteiger partial charge in [0.25, 0.3) is 0 Å². The fourth-order valence-corrected chi connectivity index (χ4v) is 1.79. The second-order valence-electron chi connectivity index (χ2n) is 4.06. The Balaban J connectivity index is 2.37. The lowest BCUT2D eigenvalue weighted by Crippen LogP contribution is -2.05. The van der Waals surface area contributed by atoms with E-state index < -0.39 is 11.6 Å². The van der Waals surface area contributed by atoms with Crippen molar-refractivity contribution in [3.63, 3.8) is 0 Å². The van der Waals surface area contributed by atoms with Crippen LogP contribution >= 0.6 is 0 Å². The lowest BCUT2D eigenvalue weighted by atomic mass is 10.1. The average Bonchev–Trinajstić information content (AvgIpc) is 2.44. The summed E-state index contributed by atoms with van der Waals surface area (Å²) < 4.78 is 15.2. The van der Waals surface area contributed by atoms with Crippen molar-refractivity contribution in [3.05, 3.63) is 52.4 Å². The molecule has 0 aliphatic rings. The van der Waals surface area contributed by atoms with Crippen molar-refractivity contribution in [3.8, 4) is 5.75 Å². The average molecular weight is 274 g/mol. The first kappa shape index (κ1) is 13.9. The molecule has 0 bridgehead atoms. The van der Waals surface area contributed by atoms with E-state index in [1.165, 1.54) is 19.3 Å². The topological polar surface area (TPSA) is 65.7 Å². The maximum absolute atomic E-state index is 11.5. The molecule has 0 unspecified atom stereocenters. The fourth-order valence-electron chi connectivity index (χ4n) is 1.79. The van der Waals surface area contributed by atoms with Crippen molar-refractivity contribution in [2.24, 2.45) is 0 Å². The van der Waals surface area contributed by atoms with Gasteiger partial charge in [0.15, 0.2) is 0 Å². The molecule has 104 valence electrons. The summed E-state index contributed by atoms with van der Waals surface area (Å²) in [6.45, 7) is 1.73. The maximum atomic E-state index is 11.5. The number of hydrogen-bond acceptors (Lipinski definition) is 5. The number of hydrogen-bond donors (Lipinski definition) is 0. The molecule has 0 aliphatic heterocycles. The van der Waals surface area contributed by atoms with Crippen LogP contribution in [-0.4, -0.2) is 13.1 Å². The first-order chi connectivity index (χ1) is 9.63. The fraction of sp³-hybridized carbons (Fsp3) is 0.200. The van der Waals surface area contributed by atoms with Gasteiger partial charge >= 0.3 is 11.6 Å². The predicted octanol–water partition coefficient (Wildman–Crippen LogP) is 2.42. The highest BCUT2D eigenvalue weighted by Crippen LogP contribution is 2.22. The van der Waals surface area contributed by atoms with Crippen LogP contribution in [0.2, 0.25) is 0 Å². The summed E-state index contributed by atoms with van der Waals surface area (Å²) in [6, 6.07) is 6.45. The minimum atomic E-state index is -0.497. The zero-order chi connectivity index (χ0) is 14.5. The molecule has 0 spiro atoms. The summed E-state index contributed by atoms with van der Waals surface area (Å²) in [6.07, 6.45) is 2.90. The summed E-state index contributed by atoms with van der Waals surface area (Å²) >= 11 is 0. The smallest absolute Gasteiger partial charge is 0.336 e. The van der Waals surface area contributed by atoms with Crippen LogP contribution in [-0.2, 0) is 16.1 Å². The minimum Gasteiger partial charge on any atom is -0.497 e. The van der Waals surface area contributed by atoms with Gasteiger partial charge in [-0.15, -0.1) is 0 Å². The molecular formula is C15H14O5. The number of fused-ring (bicyclic) bond motifs is 1. The number of methoxy groups -OCH3 is 1. The van der Waals surface area contributed by atoms with Crippen molar-refractivity contribution in [2.45, 2.75) is 13.5 Å². The molecule has 0 fully saturated rings. The number of carbonyl (C=O) groups is 1. The summed E-state index contributed by atoms with van der Waals surface area (Å²) in [4.78, 5) is 22.8. The summed E-state index contributed by atoms with van der Waals surface area (Å²) in [5.41, 5.74) is 0.494. The van der Waals surface area contributed by atoms with Crippen LogP contribution in [0.5, 0.6) is 5.75 Å². The Morgan fingerprint density at radius 2 is 2.15 bits per heavy atom. The highest BCUT2D eigenvalue weighted by atomic mass is 16.5. The van der Waals surface area contributed by atoms with Gasteiger partial charge in [-0.25, -0.2) is 9.59 Å². The van der Waals surface area contributed by atoms with Crippen molar-refractivity contribution >= 4 is 16.9 Å². The molecule has 0 atom stereocenters. The first-order valence-corrected chi connectivity index (χ1v) is 6.04. The number of rotatable bonds is 4. The Labute approximate surface area is 115 Å². The van der Waals surface area contributed by atoms with E-state index in [-0.39, 0.29) is 6.61 Å². The molecule has 2 aromatic rings. The Morgan fingerprint density at radius 1 is 1.35 bits per heavy atom. The summed E-state index contributed by atoms with van der Waals surface area (Å²) in [5, 5.41) is 0.707. The molecule has 1 aromatic heterocycles. The molecule has 0 N–H and O–H groups in total. The molecule has 0 radical (unpaired) electrons. The Morgan fingerprint density at radius 3 is 2.85 bits per heavy atom. The van der Waals surface area contributed by atoms with E-state index in [1.807, 2.05) is 0 Å². The highest BCUT2D eigenvalue weighted by Gasteiger charge is 2.08. The number of ether oxygens (including phenoxy) is 2. The van der Waals surface area contributed by atoms with Gasteiger partial charge in [-0.2, -0.15) is 0 Å². The second kappa shape index (κ2) is 6.06. The third-order valence-corrected chi connectivity index (χ3v) is 2.71. The predicted molar refractivity (Wildman–Crippen MR) is 73.6 cm³/mol. The normalized spacial score (nSPS) is 10.9. The van der Waals surface area contributed by atoms with Crippen LogP contribution in [0.1, 0.15) is 12.5 Å². The van der Waals surface area contributed by atoms with Gasteiger partial charge in [0.1, 0.15) is 17.9 Å². The molecule has 0 aliphatic carbocycles. The van der Waals surface area contributed by atoms with E-state index in [0.717, 1.165) is 0 Å². The number of allylic oxidation sites excluding steroid dienone is 1. The van der Waals surface area contributed by atoms with Crippen molar-refractivity contribution in [1.82, 2.24) is 0 Å². The summed E-state index contributed by atoms with van der Waals surface area (Å²) in [5.74, 6) is 0.131. The van der Waals surface area contributed by atoms with E-state index >= 15 is 0 Å². The van der Waals surface area contributed by atoms with E-state index in [1.54, 1.807) is 31.2 Å². The summed E-state index contributed by atoms with van der Waals surface area (Å²) in [7, 11) is 1.53. The van der Waals surface area contributed by atoms with Crippen LogP contribution < -0.4 is 10.4 Å². The minimum absolute atomic E-state index is 0.0115. The van der Waals surface area contributed by atoms with Crippen LogP contribution in [0.3, 0.4) is 0 Å². The van der Waals surface area contributed by atoms with E-state index in [0.29, 0.717) is 22.3 Å². The molecule has 5 nitrogen and oxygen atoms in total. The van der Waals surface area contributed by atoms with E-state index in [9.17, 15) is 9.59 Å². The highest BCUT2D eigenvalue weighted by molar-refractivity contribution is 5.83. The maximum Gasteiger partial charge on any atom is 0.336 e. The van der Waals surface area contributed by atoms with Gasteiger partial charge in [0.2, 0.25) is 0 Å². The third kappa shape index (κ3) is 3.06. The van der Waals surface area contributed by atoms with Gasteiger partial charge < -0.3 is 13.9 Å². The van der Waals surface area contributed by atoms with E-state index in [4.69, 9.17) is 13.9 Å². The Hall–Kier alpha value is -2.56. The lowest BCUT2D eigenvalue weighted by Gasteiger charge is -2.07. The standard InChI is InChI=1S/C15H14O5/c1-3-4-14(16)19-9-10-7-15(17)20-13-8-11(18-2)5-6-12(10)13/h3-8H,9H2,1-2H3/b4-3+. The van der Waals surface area contributed by atoms with Crippen LogP contribution in [0, 0.1) is 0 Å². The molecule has 1 heterocycles. The number of benzene rings is 1. The molecule has 0 saturated carbocycles. The Bertz CT molecular complexity index is 712. The van der Waals surface area contributed by atoms with Gasteiger partial charge in [-0.1, -0.05) is 6.08 Å². The van der Waals surface area contributed by atoms with Crippen LogP contribution in [0.15, 0.2) is 45.6 Å². The number of carbonyl (C=O) groups excluding carboxylic acids is 1. The molecular weight excluding hydrogens is 260 g/mol. The molecule has 20 heavy (non-hydrogen) atoms. The molecule has 2 rings (SSSR count). The first-order valence-electron chi connectivity index (χ1n) is 6.04. The molecule has 1 aromatic carbocycles. The molecule has 5 heteroatoms. The SMILES string of the molecule is C/C=C/C(=O)OCc1cc(=O)oc2cc(OC)ccc12. The number of esters is 1. The zero-order valence-electron chi connectivity index (χ0n) is 11.2. The van der Waals surface area contributed by atoms with E-state index in [2.05, 4.69) is 0 Å². The molecule has 0 amide bonds. The third-order valence-electron chi connectivity index (χ3n) is 2.71. The Kier molecular flexibility index (Phi) is 4.20. The van der Waals surface area contributed by atoms with Crippen LogP contribution in [0.4, 0.5) is 0 Å². The van der Waals surface area contributed by atoms with Crippen LogP contribution in [0.25, 0.3) is 11.0 Å². The lowest BCUT2D eigenvalue weighted by molar-refractivity contribution is -0.138. The van der Waals surface area contributed by atoms with Gasteiger partial charge in [-0.05, 0) is 19.1 Å². The largest absolute Gasteiger partial charge is 0.497 e. The van der Waals surface area contributed by atoms with Crippen molar-refractivity contribution < 1.29 is 18.7 Å². The van der Waals surface area contributed by atoms with Gasteiger partial charge in [0, 0.05) is 29.2 Å².